The number of guanidine groups is 1. The summed E-state index contributed by atoms with van der Waals surface area (Å²) in [5.41, 5.74) is 1.01. The lowest BCUT2D eigenvalue weighted by Gasteiger charge is -2.26. The molecule has 7 heteroatoms. The van der Waals surface area contributed by atoms with E-state index in [-0.39, 0.29) is 12.0 Å². The molecule has 3 rings (SSSR count). The Balaban J connectivity index is 1.52. The zero-order chi connectivity index (χ0) is 19.1. The second kappa shape index (κ2) is 9.93. The van der Waals surface area contributed by atoms with E-state index in [4.69, 9.17) is 11.6 Å². The van der Waals surface area contributed by atoms with E-state index in [9.17, 15) is 4.79 Å². The standard InChI is InChI=1S/C20H30ClN5O/c1-2-22-20(24-13-15-8-9-18(21)23-12-15)25-17-10-11-26(14-17)19(27)16-6-4-3-5-7-16/h8-9,12,16-17H,2-7,10-11,13-14H2,1H3,(H2,22,24,25). The number of amides is 1. The molecule has 0 radical (unpaired) electrons. The fourth-order valence-corrected chi connectivity index (χ4v) is 3.98. The topological polar surface area (TPSA) is 69.6 Å². The van der Waals surface area contributed by atoms with E-state index in [1.165, 1.54) is 19.3 Å². The molecule has 2 aliphatic rings. The Hall–Kier alpha value is -1.82. The largest absolute Gasteiger partial charge is 0.357 e. The first kappa shape index (κ1) is 19.9. The number of aliphatic imine (C=N–C) groups is 1. The van der Waals surface area contributed by atoms with Crippen LogP contribution < -0.4 is 10.6 Å². The quantitative estimate of drug-likeness (QED) is 0.460. The molecule has 1 atom stereocenters. The van der Waals surface area contributed by atoms with Gasteiger partial charge in [-0.15, -0.1) is 0 Å². The Kier molecular flexibility index (Phi) is 7.33. The third kappa shape index (κ3) is 5.83. The summed E-state index contributed by atoms with van der Waals surface area (Å²) in [6.45, 7) is 4.99. The van der Waals surface area contributed by atoms with Gasteiger partial charge in [-0.1, -0.05) is 36.9 Å². The van der Waals surface area contributed by atoms with Crippen LogP contribution in [0.2, 0.25) is 5.15 Å². The molecule has 148 valence electrons. The number of halogens is 1. The van der Waals surface area contributed by atoms with Crippen LogP contribution in [0.5, 0.6) is 0 Å². The molecule has 27 heavy (non-hydrogen) atoms. The second-order valence-electron chi connectivity index (χ2n) is 7.43. The van der Waals surface area contributed by atoms with Crippen LogP contribution in [0.4, 0.5) is 0 Å². The van der Waals surface area contributed by atoms with Crippen molar-refractivity contribution in [1.82, 2.24) is 20.5 Å². The van der Waals surface area contributed by atoms with Gasteiger partial charge in [-0.2, -0.15) is 0 Å². The van der Waals surface area contributed by atoms with Crippen molar-refractivity contribution in [3.05, 3.63) is 29.0 Å². The minimum absolute atomic E-state index is 0.247. The first-order valence-electron chi connectivity index (χ1n) is 10.1. The van der Waals surface area contributed by atoms with Crippen LogP contribution in [0.15, 0.2) is 23.3 Å². The van der Waals surface area contributed by atoms with Crippen LogP contribution in [-0.4, -0.2) is 47.4 Å². The number of carbonyl (C=O) groups is 1. The van der Waals surface area contributed by atoms with Crippen molar-refractivity contribution in [3.8, 4) is 0 Å². The molecule has 1 unspecified atom stereocenters. The molecule has 1 saturated heterocycles. The summed E-state index contributed by atoms with van der Waals surface area (Å²) >= 11 is 5.83. The van der Waals surface area contributed by atoms with Crippen LogP contribution >= 0.6 is 11.6 Å². The number of likely N-dealkylation sites (tertiary alicyclic amines) is 1. The number of pyridine rings is 1. The van der Waals surface area contributed by atoms with E-state index in [2.05, 4.69) is 27.5 Å². The van der Waals surface area contributed by atoms with Gasteiger partial charge < -0.3 is 15.5 Å². The van der Waals surface area contributed by atoms with Gasteiger partial charge in [0.05, 0.1) is 6.54 Å². The molecule has 1 amide bonds. The fourth-order valence-electron chi connectivity index (χ4n) is 3.87. The lowest BCUT2D eigenvalue weighted by Crippen LogP contribution is -2.45. The van der Waals surface area contributed by atoms with Gasteiger partial charge in [0, 0.05) is 37.8 Å². The average molecular weight is 392 g/mol. The molecule has 1 aromatic rings. The van der Waals surface area contributed by atoms with Gasteiger partial charge in [-0.3, -0.25) is 4.79 Å². The van der Waals surface area contributed by atoms with E-state index in [0.717, 1.165) is 50.4 Å². The van der Waals surface area contributed by atoms with Crippen molar-refractivity contribution in [2.45, 2.75) is 58.0 Å². The maximum Gasteiger partial charge on any atom is 0.225 e. The minimum atomic E-state index is 0.247. The predicted octanol–water partition coefficient (Wildman–Crippen LogP) is 2.97. The average Bonchev–Trinajstić information content (AvgIpc) is 3.16. The van der Waals surface area contributed by atoms with Gasteiger partial charge in [0.25, 0.3) is 0 Å². The molecule has 2 fully saturated rings. The summed E-state index contributed by atoms with van der Waals surface area (Å²) < 4.78 is 0. The summed E-state index contributed by atoms with van der Waals surface area (Å²) in [6, 6.07) is 3.96. The summed E-state index contributed by atoms with van der Waals surface area (Å²) in [4.78, 5) is 23.5. The summed E-state index contributed by atoms with van der Waals surface area (Å²) in [5.74, 6) is 1.38. The van der Waals surface area contributed by atoms with Crippen LogP contribution in [0.3, 0.4) is 0 Å². The number of aromatic nitrogens is 1. The Labute approximate surface area is 166 Å². The first-order valence-corrected chi connectivity index (χ1v) is 10.5. The highest BCUT2D eigenvalue weighted by atomic mass is 35.5. The lowest BCUT2D eigenvalue weighted by atomic mass is 9.88. The molecule has 0 spiro atoms. The number of hydrogen-bond donors (Lipinski definition) is 2. The SMILES string of the molecule is CCNC(=NCc1ccc(Cl)nc1)NC1CCN(C(=O)C2CCCCC2)C1. The van der Waals surface area contributed by atoms with Gasteiger partial charge in [0.1, 0.15) is 5.15 Å². The third-order valence-corrected chi connectivity index (χ3v) is 5.57. The number of hydrogen-bond acceptors (Lipinski definition) is 3. The molecule has 0 bridgehead atoms. The van der Waals surface area contributed by atoms with E-state index >= 15 is 0 Å². The molecule has 1 aromatic heterocycles. The van der Waals surface area contributed by atoms with Crippen LogP contribution in [-0.2, 0) is 11.3 Å². The first-order chi connectivity index (χ1) is 13.2. The molecular weight excluding hydrogens is 362 g/mol. The molecule has 1 aliphatic heterocycles. The predicted molar refractivity (Wildman–Crippen MR) is 109 cm³/mol. The van der Waals surface area contributed by atoms with Crippen molar-refractivity contribution < 1.29 is 4.79 Å². The van der Waals surface area contributed by atoms with E-state index in [1.54, 1.807) is 12.3 Å². The van der Waals surface area contributed by atoms with Crippen molar-refractivity contribution in [1.29, 1.82) is 0 Å². The van der Waals surface area contributed by atoms with Crippen molar-refractivity contribution in [3.63, 3.8) is 0 Å². The number of carbonyl (C=O) groups excluding carboxylic acids is 1. The Morgan fingerprint density at radius 2 is 2.11 bits per heavy atom. The highest BCUT2D eigenvalue weighted by molar-refractivity contribution is 6.29. The van der Waals surface area contributed by atoms with Gasteiger partial charge >= 0.3 is 0 Å². The number of rotatable bonds is 5. The zero-order valence-electron chi connectivity index (χ0n) is 16.1. The molecule has 6 nitrogen and oxygen atoms in total. The number of nitrogens with zero attached hydrogens (tertiary/aromatic N) is 3. The van der Waals surface area contributed by atoms with Crippen LogP contribution in [0.1, 0.15) is 51.0 Å². The monoisotopic (exact) mass is 391 g/mol. The minimum Gasteiger partial charge on any atom is -0.357 e. The maximum atomic E-state index is 12.7. The summed E-state index contributed by atoms with van der Waals surface area (Å²) in [6.07, 6.45) is 8.51. The van der Waals surface area contributed by atoms with E-state index in [0.29, 0.717) is 17.6 Å². The van der Waals surface area contributed by atoms with Crippen LogP contribution in [0.25, 0.3) is 0 Å². The Bertz CT molecular complexity index is 642. The smallest absolute Gasteiger partial charge is 0.225 e. The van der Waals surface area contributed by atoms with E-state index in [1.807, 2.05) is 11.0 Å². The summed E-state index contributed by atoms with van der Waals surface area (Å²) in [7, 11) is 0. The van der Waals surface area contributed by atoms with Crippen molar-refractivity contribution in [2.24, 2.45) is 10.9 Å². The Morgan fingerprint density at radius 3 is 2.81 bits per heavy atom. The molecule has 2 N–H and O–H groups in total. The Morgan fingerprint density at radius 1 is 1.30 bits per heavy atom. The fraction of sp³-hybridized carbons (Fsp3) is 0.650. The van der Waals surface area contributed by atoms with Gasteiger partial charge in [0.2, 0.25) is 5.91 Å². The van der Waals surface area contributed by atoms with E-state index < -0.39 is 0 Å². The summed E-state index contributed by atoms with van der Waals surface area (Å²) in [5, 5.41) is 7.26. The van der Waals surface area contributed by atoms with Gasteiger partial charge in [0.15, 0.2) is 5.96 Å². The molecule has 1 aliphatic carbocycles. The highest BCUT2D eigenvalue weighted by Gasteiger charge is 2.31. The molecule has 1 saturated carbocycles. The van der Waals surface area contributed by atoms with Gasteiger partial charge in [-0.05, 0) is 37.8 Å². The normalized spacial score (nSPS) is 21.3. The lowest BCUT2D eigenvalue weighted by molar-refractivity contribution is -0.135. The van der Waals surface area contributed by atoms with Crippen molar-refractivity contribution in [2.75, 3.05) is 19.6 Å². The third-order valence-electron chi connectivity index (χ3n) is 5.35. The molecule has 2 heterocycles. The van der Waals surface area contributed by atoms with Gasteiger partial charge in [-0.25, -0.2) is 9.98 Å². The maximum absolute atomic E-state index is 12.7. The number of nitrogens with one attached hydrogen (secondary N) is 2. The van der Waals surface area contributed by atoms with Crippen LogP contribution in [0, 0.1) is 5.92 Å². The molecule has 0 aromatic carbocycles. The zero-order valence-corrected chi connectivity index (χ0v) is 16.8. The molecular formula is C20H30ClN5O. The highest BCUT2D eigenvalue weighted by Crippen LogP contribution is 2.26. The van der Waals surface area contributed by atoms with Crippen molar-refractivity contribution >= 4 is 23.5 Å². The second-order valence-corrected chi connectivity index (χ2v) is 7.82.